The number of amides is 2. The van der Waals surface area contributed by atoms with Crippen LogP contribution in [0.2, 0.25) is 0 Å². The number of hydrogen-bond donors (Lipinski definition) is 2. The maximum absolute atomic E-state index is 13.1. The van der Waals surface area contributed by atoms with Gasteiger partial charge in [-0.25, -0.2) is 9.29 Å². The summed E-state index contributed by atoms with van der Waals surface area (Å²) >= 11 is 0. The minimum absolute atomic E-state index is 0.127. The smallest absolute Gasteiger partial charge is 0.292 e. The lowest BCUT2D eigenvalue weighted by Crippen LogP contribution is -3.31. The molecule has 2 amide bonds. The Kier molecular flexibility index (Phi) is 5.05. The molecule has 5 nitrogen and oxygen atoms in total. The van der Waals surface area contributed by atoms with E-state index in [1.165, 1.54) is 66.2 Å². The molecule has 140 valence electrons. The van der Waals surface area contributed by atoms with Crippen LogP contribution in [0.25, 0.3) is 0 Å². The van der Waals surface area contributed by atoms with Crippen molar-refractivity contribution in [3.05, 3.63) is 30.1 Å². The highest BCUT2D eigenvalue weighted by Gasteiger charge is 2.47. The molecule has 1 aromatic carbocycles. The van der Waals surface area contributed by atoms with Crippen molar-refractivity contribution < 1.29 is 23.8 Å². The molecule has 1 aliphatic carbocycles. The van der Waals surface area contributed by atoms with Gasteiger partial charge in [-0.3, -0.25) is 9.59 Å². The fourth-order valence-corrected chi connectivity index (χ4v) is 4.97. The number of rotatable bonds is 3. The van der Waals surface area contributed by atoms with Gasteiger partial charge in [0.1, 0.15) is 32.0 Å². The molecule has 0 bridgehead atoms. The van der Waals surface area contributed by atoms with E-state index in [1.54, 1.807) is 4.90 Å². The Balaban J connectivity index is 1.39. The number of quaternary nitrogens is 2. The molecule has 0 aromatic heterocycles. The summed E-state index contributed by atoms with van der Waals surface area (Å²) in [6.07, 6.45) is 7.02. The summed E-state index contributed by atoms with van der Waals surface area (Å²) in [4.78, 5) is 29.5. The zero-order chi connectivity index (χ0) is 18.1. The number of halogens is 1. The Hall–Kier alpha value is -1.79. The van der Waals surface area contributed by atoms with Crippen molar-refractivity contribution in [2.75, 3.05) is 31.1 Å². The summed E-state index contributed by atoms with van der Waals surface area (Å²) in [7, 11) is 0. The SMILES string of the molecule is O=C1C[C@@H]([NH+]2CC[NH+](C3CCCCC3)CC2)C(=O)N1c1ccc(F)cc1. The van der Waals surface area contributed by atoms with Crippen LogP contribution in [0.3, 0.4) is 0 Å². The zero-order valence-corrected chi connectivity index (χ0v) is 15.2. The van der Waals surface area contributed by atoms with Crippen LogP contribution in [0.1, 0.15) is 38.5 Å². The van der Waals surface area contributed by atoms with Crippen molar-refractivity contribution >= 4 is 17.5 Å². The molecule has 0 spiro atoms. The molecule has 1 atom stereocenters. The van der Waals surface area contributed by atoms with Crippen molar-refractivity contribution in [1.29, 1.82) is 0 Å². The second-order valence-corrected chi connectivity index (χ2v) is 7.95. The third kappa shape index (κ3) is 3.40. The number of hydrogen-bond acceptors (Lipinski definition) is 2. The van der Waals surface area contributed by atoms with Crippen molar-refractivity contribution in [3.63, 3.8) is 0 Å². The summed E-state index contributed by atoms with van der Waals surface area (Å²) in [5, 5.41) is 0. The van der Waals surface area contributed by atoms with Crippen LogP contribution in [0.15, 0.2) is 24.3 Å². The molecule has 26 heavy (non-hydrogen) atoms. The topological polar surface area (TPSA) is 46.3 Å². The van der Waals surface area contributed by atoms with Crippen molar-refractivity contribution in [2.45, 2.75) is 50.6 Å². The van der Waals surface area contributed by atoms with Crippen LogP contribution in [0.4, 0.5) is 10.1 Å². The van der Waals surface area contributed by atoms with Crippen LogP contribution >= 0.6 is 0 Å². The third-order valence-corrected chi connectivity index (χ3v) is 6.44. The van der Waals surface area contributed by atoms with Crippen molar-refractivity contribution in [1.82, 2.24) is 0 Å². The normalized spacial score (nSPS) is 30.8. The van der Waals surface area contributed by atoms with Gasteiger partial charge in [-0.15, -0.1) is 0 Å². The summed E-state index contributed by atoms with van der Waals surface area (Å²) in [6.45, 7) is 4.09. The molecule has 3 aliphatic rings. The Labute approximate surface area is 153 Å². The highest BCUT2D eigenvalue weighted by Crippen LogP contribution is 2.22. The number of piperazine rings is 1. The minimum Gasteiger partial charge on any atom is -0.323 e. The van der Waals surface area contributed by atoms with Gasteiger partial charge in [0.2, 0.25) is 5.91 Å². The van der Waals surface area contributed by atoms with Crippen LogP contribution < -0.4 is 14.7 Å². The average Bonchev–Trinajstić information content (AvgIpc) is 2.98. The van der Waals surface area contributed by atoms with Crippen LogP contribution in [-0.2, 0) is 9.59 Å². The first-order valence-corrected chi connectivity index (χ1v) is 9.95. The number of benzene rings is 1. The highest BCUT2D eigenvalue weighted by atomic mass is 19.1. The Morgan fingerprint density at radius 2 is 1.50 bits per heavy atom. The summed E-state index contributed by atoms with van der Waals surface area (Å²) in [5.41, 5.74) is 0.481. The first kappa shape index (κ1) is 17.6. The summed E-state index contributed by atoms with van der Waals surface area (Å²) < 4.78 is 13.1. The van der Waals surface area contributed by atoms with E-state index < -0.39 is 0 Å². The van der Waals surface area contributed by atoms with Crippen LogP contribution in [0.5, 0.6) is 0 Å². The molecule has 2 heterocycles. The molecule has 6 heteroatoms. The quantitative estimate of drug-likeness (QED) is 0.718. The number of nitrogens with one attached hydrogen (secondary N) is 2. The second kappa shape index (κ2) is 7.45. The number of carbonyl (C=O) groups excluding carboxylic acids is 2. The van der Waals surface area contributed by atoms with E-state index >= 15 is 0 Å². The van der Waals surface area contributed by atoms with Crippen molar-refractivity contribution in [2.24, 2.45) is 0 Å². The molecule has 0 unspecified atom stereocenters. The van der Waals surface area contributed by atoms with E-state index in [0.717, 1.165) is 32.2 Å². The number of anilines is 1. The van der Waals surface area contributed by atoms with Gasteiger partial charge in [-0.05, 0) is 49.9 Å². The monoisotopic (exact) mass is 361 g/mol. The van der Waals surface area contributed by atoms with Gasteiger partial charge >= 0.3 is 0 Å². The average molecular weight is 361 g/mol. The van der Waals surface area contributed by atoms with E-state index in [1.807, 2.05) is 0 Å². The van der Waals surface area contributed by atoms with E-state index in [4.69, 9.17) is 0 Å². The predicted molar refractivity (Wildman–Crippen MR) is 95.6 cm³/mol. The predicted octanol–water partition coefficient (Wildman–Crippen LogP) is -0.426. The van der Waals surface area contributed by atoms with Crippen LogP contribution in [-0.4, -0.2) is 50.1 Å². The Morgan fingerprint density at radius 1 is 0.885 bits per heavy atom. The third-order valence-electron chi connectivity index (χ3n) is 6.44. The van der Waals surface area contributed by atoms with Gasteiger partial charge in [-0.1, -0.05) is 6.42 Å². The lowest BCUT2D eigenvalue weighted by molar-refractivity contribution is -1.03. The molecular weight excluding hydrogens is 333 g/mol. The molecular formula is C20H28FN3O2+2. The maximum Gasteiger partial charge on any atom is 0.292 e. The van der Waals surface area contributed by atoms with Gasteiger partial charge in [-0.2, -0.15) is 0 Å². The molecule has 2 aliphatic heterocycles. The molecule has 0 radical (unpaired) electrons. The lowest BCUT2D eigenvalue weighted by atomic mass is 9.93. The summed E-state index contributed by atoms with van der Waals surface area (Å²) in [6, 6.07) is 6.12. The van der Waals surface area contributed by atoms with Crippen LogP contribution in [0, 0.1) is 5.82 Å². The zero-order valence-electron chi connectivity index (χ0n) is 15.2. The standard InChI is InChI=1S/C20H26FN3O2/c21-15-6-8-17(9-7-15)24-19(25)14-18(20(24)26)23-12-10-22(11-13-23)16-4-2-1-3-5-16/h6-9,16,18H,1-5,10-14H2/p+2/t18-/m1/s1. The first-order chi connectivity index (χ1) is 12.6. The fraction of sp³-hybridized carbons (Fsp3) is 0.600. The molecule has 2 saturated heterocycles. The van der Waals surface area contributed by atoms with E-state index in [-0.39, 0.29) is 30.1 Å². The lowest BCUT2D eigenvalue weighted by Gasteiger charge is -2.37. The fourth-order valence-electron chi connectivity index (χ4n) is 4.97. The molecule has 2 N–H and O–H groups in total. The molecule has 4 rings (SSSR count). The summed E-state index contributed by atoms with van der Waals surface area (Å²) in [5.74, 6) is -0.657. The van der Waals surface area contributed by atoms with E-state index in [9.17, 15) is 14.0 Å². The van der Waals surface area contributed by atoms with Crippen molar-refractivity contribution in [3.8, 4) is 0 Å². The molecule has 3 fully saturated rings. The van der Waals surface area contributed by atoms with Gasteiger partial charge < -0.3 is 9.80 Å². The molecule has 1 saturated carbocycles. The first-order valence-electron chi connectivity index (χ1n) is 9.95. The number of nitrogens with zero attached hydrogens (tertiary/aromatic N) is 1. The Morgan fingerprint density at radius 3 is 2.15 bits per heavy atom. The Bertz CT molecular complexity index is 664. The molecule has 1 aromatic rings. The maximum atomic E-state index is 13.1. The van der Waals surface area contributed by atoms with E-state index in [2.05, 4.69) is 0 Å². The number of carbonyl (C=O) groups is 2. The van der Waals surface area contributed by atoms with Gasteiger partial charge in [0, 0.05) is 0 Å². The second-order valence-electron chi connectivity index (χ2n) is 7.95. The minimum atomic E-state index is -0.364. The largest absolute Gasteiger partial charge is 0.323 e. The van der Waals surface area contributed by atoms with E-state index in [0.29, 0.717) is 5.69 Å². The van der Waals surface area contributed by atoms with Gasteiger partial charge in [0.15, 0.2) is 6.04 Å². The number of imide groups is 1. The van der Waals surface area contributed by atoms with Gasteiger partial charge in [0.25, 0.3) is 5.91 Å². The van der Waals surface area contributed by atoms with Gasteiger partial charge in [0.05, 0.1) is 18.2 Å². The highest BCUT2D eigenvalue weighted by molar-refractivity contribution is 6.21.